The van der Waals surface area contributed by atoms with Crippen LogP contribution in [0.15, 0.2) is 42.9 Å². The second-order valence-electron chi connectivity index (χ2n) is 7.55. The Balaban J connectivity index is 1.49. The lowest BCUT2D eigenvalue weighted by molar-refractivity contribution is -0.121. The standard InChI is InChI=1S/C21H24N6O/c1-27(2)17-6-3-14(4-7-17)21(28)24-20-12-16-11-15(5-8-18(16)25-26-20)19-13-22-9-10-23-19/h5,8-14,17H,3-4,6-7H2,1-2H3,(H,24,26,28)/t14-,17-. The molecule has 28 heavy (non-hydrogen) atoms. The van der Waals surface area contributed by atoms with Crippen molar-refractivity contribution >= 4 is 22.6 Å². The van der Waals surface area contributed by atoms with Gasteiger partial charge in [0.15, 0.2) is 5.82 Å². The number of carbonyl (C=O) groups is 1. The molecule has 1 amide bonds. The van der Waals surface area contributed by atoms with Crippen LogP contribution in [0.1, 0.15) is 25.7 Å². The average molecular weight is 376 g/mol. The fourth-order valence-electron chi connectivity index (χ4n) is 3.80. The van der Waals surface area contributed by atoms with Crippen molar-refractivity contribution in [2.75, 3.05) is 19.4 Å². The van der Waals surface area contributed by atoms with Crippen LogP contribution in [0.5, 0.6) is 0 Å². The minimum Gasteiger partial charge on any atom is -0.309 e. The number of aromatic nitrogens is 4. The van der Waals surface area contributed by atoms with Crippen molar-refractivity contribution in [2.45, 2.75) is 31.7 Å². The van der Waals surface area contributed by atoms with E-state index in [1.165, 1.54) is 0 Å². The number of hydrogen-bond acceptors (Lipinski definition) is 6. The van der Waals surface area contributed by atoms with Crippen molar-refractivity contribution in [1.82, 2.24) is 25.1 Å². The number of hydrogen-bond donors (Lipinski definition) is 1. The summed E-state index contributed by atoms with van der Waals surface area (Å²) in [5.74, 6) is 0.569. The van der Waals surface area contributed by atoms with E-state index in [1.54, 1.807) is 18.6 Å². The maximum atomic E-state index is 12.7. The molecule has 0 aliphatic heterocycles. The third-order valence-electron chi connectivity index (χ3n) is 5.49. The normalized spacial score (nSPS) is 19.7. The van der Waals surface area contributed by atoms with Crippen molar-refractivity contribution in [3.05, 3.63) is 42.9 Å². The molecular weight excluding hydrogens is 352 g/mol. The Bertz CT molecular complexity index is 967. The number of rotatable bonds is 4. The van der Waals surface area contributed by atoms with Crippen LogP contribution in [0.4, 0.5) is 5.82 Å². The first kappa shape index (κ1) is 18.4. The SMILES string of the molecule is CN(C)[C@H]1CC[C@H](C(=O)Nc2cc3cc(-c4cnccn4)ccc3nn2)CC1. The maximum Gasteiger partial charge on any atom is 0.228 e. The predicted octanol–water partition coefficient (Wildman–Crippen LogP) is 3.15. The zero-order chi connectivity index (χ0) is 19.5. The molecule has 1 aliphatic rings. The Morgan fingerprint density at radius 2 is 1.89 bits per heavy atom. The summed E-state index contributed by atoms with van der Waals surface area (Å²) < 4.78 is 0. The Kier molecular flexibility index (Phi) is 5.25. The third-order valence-corrected chi connectivity index (χ3v) is 5.49. The van der Waals surface area contributed by atoms with Crippen molar-refractivity contribution < 1.29 is 4.79 Å². The number of nitrogens with one attached hydrogen (secondary N) is 1. The van der Waals surface area contributed by atoms with Gasteiger partial charge >= 0.3 is 0 Å². The summed E-state index contributed by atoms with van der Waals surface area (Å²) in [6, 6.07) is 8.28. The van der Waals surface area contributed by atoms with Crippen LogP contribution < -0.4 is 5.32 Å². The molecule has 1 N–H and O–H groups in total. The average Bonchev–Trinajstić information content (AvgIpc) is 2.74. The van der Waals surface area contributed by atoms with Gasteiger partial charge in [-0.05, 0) is 58.0 Å². The van der Waals surface area contributed by atoms with Gasteiger partial charge in [0.05, 0.1) is 17.4 Å². The molecule has 1 aliphatic carbocycles. The quantitative estimate of drug-likeness (QED) is 0.753. The second kappa shape index (κ2) is 7.98. The van der Waals surface area contributed by atoms with E-state index in [4.69, 9.17) is 0 Å². The number of nitrogens with zero attached hydrogens (tertiary/aromatic N) is 5. The van der Waals surface area contributed by atoms with Gasteiger partial charge in [-0.3, -0.25) is 14.8 Å². The lowest BCUT2D eigenvalue weighted by Crippen LogP contribution is -2.35. The largest absolute Gasteiger partial charge is 0.309 e. The molecule has 2 heterocycles. The van der Waals surface area contributed by atoms with Gasteiger partial charge in [0.1, 0.15) is 0 Å². The molecule has 7 nitrogen and oxygen atoms in total. The third kappa shape index (κ3) is 3.99. The Hall–Kier alpha value is -2.93. The zero-order valence-electron chi connectivity index (χ0n) is 16.2. The van der Waals surface area contributed by atoms with Crippen molar-refractivity contribution in [2.24, 2.45) is 5.92 Å². The van der Waals surface area contributed by atoms with Gasteiger partial charge in [-0.25, -0.2) is 0 Å². The van der Waals surface area contributed by atoms with Gasteiger partial charge in [0, 0.05) is 35.3 Å². The molecule has 7 heteroatoms. The minimum atomic E-state index is 0.0379. The molecule has 1 aromatic carbocycles. The van der Waals surface area contributed by atoms with Crippen LogP contribution in [-0.4, -0.2) is 51.1 Å². The molecule has 2 aromatic heterocycles. The summed E-state index contributed by atoms with van der Waals surface area (Å²) in [6.45, 7) is 0. The van der Waals surface area contributed by atoms with Gasteiger partial charge in [0.25, 0.3) is 0 Å². The van der Waals surface area contributed by atoms with Gasteiger partial charge in [-0.2, -0.15) is 0 Å². The smallest absolute Gasteiger partial charge is 0.228 e. The van der Waals surface area contributed by atoms with Crippen LogP contribution in [0, 0.1) is 5.92 Å². The molecule has 0 spiro atoms. The second-order valence-corrected chi connectivity index (χ2v) is 7.55. The topological polar surface area (TPSA) is 83.9 Å². The summed E-state index contributed by atoms with van der Waals surface area (Å²) in [5.41, 5.74) is 2.52. The molecule has 4 rings (SSSR count). The predicted molar refractivity (Wildman–Crippen MR) is 109 cm³/mol. The van der Waals surface area contributed by atoms with Gasteiger partial charge in [0.2, 0.25) is 5.91 Å². The summed E-state index contributed by atoms with van der Waals surface area (Å²) in [7, 11) is 4.20. The zero-order valence-corrected chi connectivity index (χ0v) is 16.2. The summed E-state index contributed by atoms with van der Waals surface area (Å²) in [5, 5.41) is 12.3. The first-order valence-corrected chi connectivity index (χ1v) is 9.61. The molecule has 1 saturated carbocycles. The van der Waals surface area contributed by atoms with Crippen molar-refractivity contribution in [1.29, 1.82) is 0 Å². The first-order chi connectivity index (χ1) is 13.6. The summed E-state index contributed by atoms with van der Waals surface area (Å²) >= 11 is 0. The highest BCUT2D eigenvalue weighted by molar-refractivity contribution is 5.94. The summed E-state index contributed by atoms with van der Waals surface area (Å²) in [4.78, 5) is 23.4. The molecule has 0 radical (unpaired) electrons. The number of anilines is 1. The van der Waals surface area contributed by atoms with E-state index in [0.29, 0.717) is 11.9 Å². The highest BCUT2D eigenvalue weighted by atomic mass is 16.1. The fourth-order valence-corrected chi connectivity index (χ4v) is 3.80. The van der Waals surface area contributed by atoms with Crippen molar-refractivity contribution in [3.63, 3.8) is 0 Å². The van der Waals surface area contributed by atoms with E-state index >= 15 is 0 Å². The van der Waals surface area contributed by atoms with E-state index in [1.807, 2.05) is 24.3 Å². The molecule has 0 atom stereocenters. The number of carbonyl (C=O) groups excluding carboxylic acids is 1. The monoisotopic (exact) mass is 376 g/mol. The lowest BCUT2D eigenvalue weighted by Gasteiger charge is -2.31. The molecule has 3 aromatic rings. The van der Waals surface area contributed by atoms with E-state index in [0.717, 1.165) is 47.8 Å². The number of amides is 1. The van der Waals surface area contributed by atoms with E-state index < -0.39 is 0 Å². The van der Waals surface area contributed by atoms with E-state index in [9.17, 15) is 4.79 Å². The highest BCUT2D eigenvalue weighted by Crippen LogP contribution is 2.28. The van der Waals surface area contributed by atoms with Gasteiger partial charge < -0.3 is 10.2 Å². The molecule has 144 valence electrons. The van der Waals surface area contributed by atoms with Crippen LogP contribution in [0.3, 0.4) is 0 Å². The van der Waals surface area contributed by atoms with Crippen molar-refractivity contribution in [3.8, 4) is 11.3 Å². The molecule has 0 unspecified atom stereocenters. The maximum absolute atomic E-state index is 12.7. The first-order valence-electron chi connectivity index (χ1n) is 9.61. The number of fused-ring (bicyclic) bond motifs is 1. The van der Waals surface area contributed by atoms with Crippen LogP contribution >= 0.6 is 0 Å². The lowest BCUT2D eigenvalue weighted by atomic mass is 9.85. The van der Waals surface area contributed by atoms with Gasteiger partial charge in [-0.1, -0.05) is 6.07 Å². The molecule has 0 bridgehead atoms. The van der Waals surface area contributed by atoms with Crippen LogP contribution in [-0.2, 0) is 4.79 Å². The molecular formula is C21H24N6O. The Morgan fingerprint density at radius 1 is 1.07 bits per heavy atom. The highest BCUT2D eigenvalue weighted by Gasteiger charge is 2.27. The molecule has 0 saturated heterocycles. The van der Waals surface area contributed by atoms with Crippen LogP contribution in [0.25, 0.3) is 22.2 Å². The van der Waals surface area contributed by atoms with E-state index in [-0.39, 0.29) is 11.8 Å². The molecule has 1 fully saturated rings. The van der Waals surface area contributed by atoms with Crippen LogP contribution in [0.2, 0.25) is 0 Å². The number of benzene rings is 1. The Morgan fingerprint density at radius 3 is 2.61 bits per heavy atom. The van der Waals surface area contributed by atoms with E-state index in [2.05, 4.69) is 44.5 Å². The Labute approximate surface area is 164 Å². The summed E-state index contributed by atoms with van der Waals surface area (Å²) in [6.07, 6.45) is 8.96. The fraction of sp³-hybridized carbons (Fsp3) is 0.381. The van der Waals surface area contributed by atoms with Gasteiger partial charge in [-0.15, -0.1) is 10.2 Å². The minimum absolute atomic E-state index is 0.0379.